The van der Waals surface area contributed by atoms with Gasteiger partial charge < -0.3 is 23.2 Å². The van der Waals surface area contributed by atoms with Gasteiger partial charge in [-0.3, -0.25) is 4.79 Å². The summed E-state index contributed by atoms with van der Waals surface area (Å²) in [6.45, 7) is 6.23. The third kappa shape index (κ3) is 4.35. The van der Waals surface area contributed by atoms with Crippen molar-refractivity contribution >= 4 is 38.4 Å². The molecule has 0 saturated carbocycles. The summed E-state index contributed by atoms with van der Waals surface area (Å²) < 4.78 is 25.2. The molecule has 1 amide bonds. The van der Waals surface area contributed by atoms with Crippen LogP contribution in [0.25, 0.3) is 21.2 Å². The lowest BCUT2D eigenvalue weighted by Crippen LogP contribution is -2.19. The number of aromatic nitrogens is 1. The molecule has 2 heterocycles. The minimum Gasteiger partial charge on any atom is -0.494 e. The molecule has 7 nitrogen and oxygen atoms in total. The van der Waals surface area contributed by atoms with Crippen LogP contribution in [0.2, 0.25) is 0 Å². The van der Waals surface area contributed by atoms with Gasteiger partial charge in [0.25, 0.3) is 0 Å². The summed E-state index contributed by atoms with van der Waals surface area (Å²) in [7, 11) is 1.57. The number of carbonyl (C=O) groups excluding carboxylic acids is 1. The molecule has 8 heteroatoms. The molecular weight excluding hydrogens is 416 g/mol. The number of rotatable bonds is 8. The Hall–Kier alpha value is -3.10. The number of carbonyl (C=O) groups is 1. The number of furan rings is 1. The molecule has 0 unspecified atom stereocenters. The molecule has 0 saturated heterocycles. The highest BCUT2D eigenvalue weighted by atomic mass is 32.1. The van der Waals surface area contributed by atoms with Crippen LogP contribution in [0.1, 0.15) is 24.4 Å². The molecule has 0 aliphatic carbocycles. The van der Waals surface area contributed by atoms with Crippen molar-refractivity contribution < 1.29 is 23.4 Å². The minimum atomic E-state index is -0.444. The molecule has 4 aromatic rings. The number of ether oxygens (including phenoxy) is 3. The highest BCUT2D eigenvalue weighted by molar-refractivity contribution is 7.16. The Morgan fingerprint density at radius 2 is 2.03 bits per heavy atom. The fourth-order valence-corrected chi connectivity index (χ4v) is 4.44. The fraction of sp³-hybridized carbons (Fsp3) is 0.304. The van der Waals surface area contributed by atoms with Gasteiger partial charge in [-0.1, -0.05) is 23.5 Å². The predicted molar refractivity (Wildman–Crippen MR) is 120 cm³/mol. The topological polar surface area (TPSA) is 75.2 Å². The maximum atomic E-state index is 12.9. The molecule has 4 rings (SSSR count). The van der Waals surface area contributed by atoms with Crippen LogP contribution < -0.4 is 14.3 Å². The maximum absolute atomic E-state index is 12.9. The summed E-state index contributed by atoms with van der Waals surface area (Å²) in [4.78, 5) is 17.9. The van der Waals surface area contributed by atoms with Crippen molar-refractivity contribution in [1.82, 2.24) is 4.57 Å². The van der Waals surface area contributed by atoms with E-state index in [0.29, 0.717) is 42.5 Å². The highest BCUT2D eigenvalue weighted by Crippen LogP contribution is 2.29. The number of fused-ring (bicyclic) bond motifs is 2. The molecule has 0 spiro atoms. The second kappa shape index (κ2) is 9.36. The third-order valence-corrected chi connectivity index (χ3v) is 5.81. The van der Waals surface area contributed by atoms with Gasteiger partial charge >= 0.3 is 5.91 Å². The molecule has 2 aromatic heterocycles. The monoisotopic (exact) mass is 440 g/mol. The van der Waals surface area contributed by atoms with Gasteiger partial charge in [-0.05, 0) is 44.2 Å². The highest BCUT2D eigenvalue weighted by Gasteiger charge is 2.16. The van der Waals surface area contributed by atoms with E-state index in [-0.39, 0.29) is 5.76 Å². The lowest BCUT2D eigenvalue weighted by molar-refractivity contribution is 0.0972. The largest absolute Gasteiger partial charge is 0.494 e. The summed E-state index contributed by atoms with van der Waals surface area (Å²) in [5, 5.41) is 0.791. The number of thiazole rings is 1. The van der Waals surface area contributed by atoms with Crippen molar-refractivity contribution in [3.63, 3.8) is 0 Å². The molecule has 0 bridgehead atoms. The van der Waals surface area contributed by atoms with Gasteiger partial charge in [0.15, 0.2) is 21.9 Å². The van der Waals surface area contributed by atoms with Crippen molar-refractivity contribution in [2.45, 2.75) is 20.4 Å². The average Bonchev–Trinajstić information content (AvgIpc) is 3.35. The van der Waals surface area contributed by atoms with Crippen LogP contribution in [-0.4, -0.2) is 37.4 Å². The first-order valence-electron chi connectivity index (χ1n) is 10.1. The SMILES string of the molecule is CCOCCn1c(=NC(=O)c2cc3cccc(OC)c3o2)sc2cc(OCC)ccc21. The summed E-state index contributed by atoms with van der Waals surface area (Å²) in [5.41, 5.74) is 1.51. The van der Waals surface area contributed by atoms with Crippen LogP contribution in [0.5, 0.6) is 11.5 Å². The fourth-order valence-electron chi connectivity index (χ4n) is 3.36. The Balaban J connectivity index is 1.77. The van der Waals surface area contributed by atoms with E-state index in [9.17, 15) is 4.79 Å². The van der Waals surface area contributed by atoms with E-state index in [4.69, 9.17) is 18.6 Å². The van der Waals surface area contributed by atoms with Crippen LogP contribution in [0.4, 0.5) is 0 Å². The van der Waals surface area contributed by atoms with Crippen molar-refractivity contribution in [2.24, 2.45) is 4.99 Å². The second-order valence-electron chi connectivity index (χ2n) is 6.70. The van der Waals surface area contributed by atoms with Gasteiger partial charge in [-0.15, -0.1) is 0 Å². The Morgan fingerprint density at radius 1 is 1.16 bits per heavy atom. The Bertz CT molecular complexity index is 1280. The zero-order chi connectivity index (χ0) is 21.8. The summed E-state index contributed by atoms with van der Waals surface area (Å²) in [5.74, 6) is 1.09. The van der Waals surface area contributed by atoms with Gasteiger partial charge in [0, 0.05) is 18.5 Å². The van der Waals surface area contributed by atoms with Crippen molar-refractivity contribution in [3.05, 3.63) is 53.0 Å². The molecule has 0 N–H and O–H groups in total. The van der Waals surface area contributed by atoms with Crippen LogP contribution in [0, 0.1) is 0 Å². The molecule has 0 aliphatic rings. The lowest BCUT2D eigenvalue weighted by atomic mass is 10.2. The molecule has 31 heavy (non-hydrogen) atoms. The van der Waals surface area contributed by atoms with Gasteiger partial charge in [0.1, 0.15) is 5.75 Å². The first-order chi connectivity index (χ1) is 15.1. The van der Waals surface area contributed by atoms with Crippen LogP contribution in [0.3, 0.4) is 0 Å². The van der Waals surface area contributed by atoms with E-state index in [1.807, 2.05) is 48.7 Å². The van der Waals surface area contributed by atoms with Crippen molar-refractivity contribution in [3.8, 4) is 11.5 Å². The van der Waals surface area contributed by atoms with Crippen molar-refractivity contribution in [1.29, 1.82) is 0 Å². The molecule has 0 fully saturated rings. The number of hydrogen-bond donors (Lipinski definition) is 0. The van der Waals surface area contributed by atoms with E-state index in [1.165, 1.54) is 11.3 Å². The van der Waals surface area contributed by atoms with E-state index in [0.717, 1.165) is 21.4 Å². The van der Waals surface area contributed by atoms with E-state index < -0.39 is 5.91 Å². The molecule has 162 valence electrons. The summed E-state index contributed by atoms with van der Waals surface area (Å²) >= 11 is 1.43. The smallest absolute Gasteiger partial charge is 0.315 e. The predicted octanol–water partition coefficient (Wildman–Crippen LogP) is 4.63. The summed E-state index contributed by atoms with van der Waals surface area (Å²) in [6, 6.07) is 13.1. The standard InChI is InChI=1S/C23H24N2O5S/c1-4-28-12-11-25-17-10-9-16(29-5-2)14-20(17)31-23(25)24-22(26)19-13-15-7-6-8-18(27-3)21(15)30-19/h6-10,13-14H,4-5,11-12H2,1-3H3. The lowest BCUT2D eigenvalue weighted by Gasteiger charge is -2.06. The minimum absolute atomic E-state index is 0.170. The molecular formula is C23H24N2O5S. The van der Waals surface area contributed by atoms with Crippen LogP contribution >= 0.6 is 11.3 Å². The number of hydrogen-bond acceptors (Lipinski definition) is 6. The Labute approximate surface area is 183 Å². The van der Waals surface area contributed by atoms with Crippen LogP contribution in [-0.2, 0) is 11.3 Å². The molecule has 2 aromatic carbocycles. The van der Waals surface area contributed by atoms with E-state index >= 15 is 0 Å². The van der Waals surface area contributed by atoms with Gasteiger partial charge in [0.2, 0.25) is 0 Å². The third-order valence-electron chi connectivity index (χ3n) is 4.76. The zero-order valence-corrected chi connectivity index (χ0v) is 18.5. The molecule has 0 radical (unpaired) electrons. The first-order valence-corrected chi connectivity index (χ1v) is 11.0. The number of amides is 1. The van der Waals surface area contributed by atoms with Gasteiger partial charge in [-0.2, -0.15) is 4.99 Å². The first kappa shape index (κ1) is 21.1. The number of methoxy groups -OCH3 is 1. The zero-order valence-electron chi connectivity index (χ0n) is 17.7. The van der Waals surface area contributed by atoms with Crippen molar-refractivity contribution in [2.75, 3.05) is 26.9 Å². The average molecular weight is 441 g/mol. The normalized spacial score (nSPS) is 12.0. The quantitative estimate of drug-likeness (QED) is 0.373. The summed E-state index contributed by atoms with van der Waals surface area (Å²) in [6.07, 6.45) is 0. The number of para-hydroxylation sites is 1. The van der Waals surface area contributed by atoms with E-state index in [1.54, 1.807) is 19.2 Å². The van der Waals surface area contributed by atoms with Gasteiger partial charge in [0.05, 0.1) is 30.5 Å². The number of nitrogens with zero attached hydrogens (tertiary/aromatic N) is 2. The maximum Gasteiger partial charge on any atom is 0.315 e. The Morgan fingerprint density at radius 3 is 2.81 bits per heavy atom. The Kier molecular flexibility index (Phi) is 6.39. The number of benzene rings is 2. The van der Waals surface area contributed by atoms with E-state index in [2.05, 4.69) is 4.99 Å². The molecule has 0 atom stereocenters. The second-order valence-corrected chi connectivity index (χ2v) is 7.71. The molecule has 0 aliphatic heterocycles. The van der Waals surface area contributed by atoms with Crippen LogP contribution in [0.15, 0.2) is 51.9 Å². The van der Waals surface area contributed by atoms with Gasteiger partial charge in [-0.25, -0.2) is 0 Å².